The zero-order chi connectivity index (χ0) is 24.8. The summed E-state index contributed by atoms with van der Waals surface area (Å²) in [5, 5.41) is 5.35. The first-order valence-corrected chi connectivity index (χ1v) is 13.2. The van der Waals surface area contributed by atoms with E-state index < -0.39 is 5.60 Å². The predicted molar refractivity (Wildman–Crippen MR) is 145 cm³/mol. The van der Waals surface area contributed by atoms with Crippen molar-refractivity contribution in [3.05, 3.63) is 99.0 Å². The monoisotopic (exact) mass is 529 g/mol. The minimum Gasteiger partial charge on any atom is -0.477 e. The molecule has 6 heteroatoms. The molecule has 4 rings (SSSR count). The van der Waals surface area contributed by atoms with Gasteiger partial charge in [-0.25, -0.2) is 0 Å². The van der Waals surface area contributed by atoms with Crippen LogP contribution in [0.15, 0.2) is 72.8 Å². The van der Waals surface area contributed by atoms with E-state index in [0.29, 0.717) is 33.7 Å². The third kappa shape index (κ3) is 6.73. The molecule has 0 bridgehead atoms. The number of halogens is 3. The number of amides is 1. The third-order valence-corrected chi connectivity index (χ3v) is 7.59. The molecule has 1 aliphatic carbocycles. The highest BCUT2D eigenvalue weighted by atomic mass is 35.5. The highest BCUT2D eigenvalue weighted by Gasteiger charge is 2.43. The molecule has 1 aliphatic rings. The number of hydrogen-bond acceptors (Lipinski definition) is 2. The van der Waals surface area contributed by atoms with E-state index in [1.165, 1.54) is 0 Å². The summed E-state index contributed by atoms with van der Waals surface area (Å²) in [6, 6.07) is 22.8. The molecule has 1 fully saturated rings. The van der Waals surface area contributed by atoms with Crippen molar-refractivity contribution in [2.45, 2.75) is 63.0 Å². The first-order chi connectivity index (χ1) is 16.8. The van der Waals surface area contributed by atoms with Crippen molar-refractivity contribution in [3.63, 3.8) is 0 Å². The second kappa shape index (κ2) is 11.7. The van der Waals surface area contributed by atoms with Crippen LogP contribution >= 0.6 is 34.8 Å². The minimum absolute atomic E-state index is 0.0496. The van der Waals surface area contributed by atoms with Crippen molar-refractivity contribution in [2.75, 3.05) is 0 Å². The second-order valence-corrected chi connectivity index (χ2v) is 10.7. The fourth-order valence-electron chi connectivity index (χ4n) is 4.83. The Labute approximate surface area is 222 Å². The molecule has 35 heavy (non-hydrogen) atoms. The molecule has 3 aromatic carbocycles. The zero-order valence-corrected chi connectivity index (χ0v) is 22.0. The maximum absolute atomic E-state index is 13.8. The van der Waals surface area contributed by atoms with Gasteiger partial charge < -0.3 is 10.1 Å². The summed E-state index contributed by atoms with van der Waals surface area (Å²) >= 11 is 18.3. The second-order valence-electron chi connectivity index (χ2n) is 9.36. The number of carbonyl (C=O) groups is 1. The van der Waals surface area contributed by atoms with Crippen LogP contribution in [0, 0.1) is 0 Å². The first-order valence-electron chi connectivity index (χ1n) is 12.1. The summed E-state index contributed by atoms with van der Waals surface area (Å²) in [7, 11) is 0. The van der Waals surface area contributed by atoms with E-state index in [9.17, 15) is 4.79 Å². The molecule has 1 N–H and O–H groups in total. The van der Waals surface area contributed by atoms with Crippen LogP contribution in [0.2, 0.25) is 15.1 Å². The topological polar surface area (TPSA) is 38.3 Å². The summed E-state index contributed by atoms with van der Waals surface area (Å²) in [6.45, 7) is 2.06. The van der Waals surface area contributed by atoms with Gasteiger partial charge in [0.15, 0.2) is 5.60 Å². The number of rotatable bonds is 8. The lowest BCUT2D eigenvalue weighted by Crippen LogP contribution is -2.55. The Morgan fingerprint density at radius 1 is 0.829 bits per heavy atom. The zero-order valence-electron chi connectivity index (χ0n) is 19.8. The normalized spacial score (nSPS) is 16.8. The Kier molecular flexibility index (Phi) is 8.64. The molecule has 0 spiro atoms. The van der Waals surface area contributed by atoms with Gasteiger partial charge in [0.25, 0.3) is 5.91 Å². The Morgan fingerprint density at radius 2 is 1.34 bits per heavy atom. The standard InChI is InChI=1S/C29H30Cl3NO2/c1-20(27(22-7-11-24(31)12-8-22)19-21-5-9-23(30)10-6-21)33-28(34)29(17-3-2-4-18-29)35-26-15-13-25(32)14-16-26/h5-16,20,27H,2-4,17-19H2,1H3,(H,33,34). The van der Waals surface area contributed by atoms with E-state index in [-0.39, 0.29) is 17.9 Å². The van der Waals surface area contributed by atoms with Crippen LogP contribution in [0.1, 0.15) is 56.1 Å². The molecular formula is C29H30Cl3NO2. The lowest BCUT2D eigenvalue weighted by Gasteiger charge is -2.38. The Hall–Kier alpha value is -2.20. The van der Waals surface area contributed by atoms with Crippen molar-refractivity contribution in [3.8, 4) is 5.75 Å². The van der Waals surface area contributed by atoms with Crippen LogP contribution in [-0.2, 0) is 11.2 Å². The van der Waals surface area contributed by atoms with Gasteiger partial charge in [0.1, 0.15) is 5.75 Å². The maximum atomic E-state index is 13.8. The molecule has 0 aliphatic heterocycles. The van der Waals surface area contributed by atoms with E-state index in [1.807, 2.05) is 60.7 Å². The summed E-state index contributed by atoms with van der Waals surface area (Å²) in [5.41, 5.74) is 1.39. The minimum atomic E-state index is -0.884. The first kappa shape index (κ1) is 25.9. The Morgan fingerprint density at radius 3 is 1.91 bits per heavy atom. The van der Waals surface area contributed by atoms with Crippen molar-refractivity contribution < 1.29 is 9.53 Å². The fourth-order valence-corrected chi connectivity index (χ4v) is 5.21. The third-order valence-electron chi connectivity index (χ3n) is 6.83. The van der Waals surface area contributed by atoms with Crippen LogP contribution in [0.25, 0.3) is 0 Å². The lowest BCUT2D eigenvalue weighted by molar-refractivity contribution is -0.140. The SMILES string of the molecule is CC(NC(=O)C1(Oc2ccc(Cl)cc2)CCCCC1)C(Cc1ccc(Cl)cc1)c1ccc(Cl)cc1. The van der Waals surface area contributed by atoms with Crippen LogP contribution in [0.5, 0.6) is 5.75 Å². The maximum Gasteiger partial charge on any atom is 0.264 e. The smallest absolute Gasteiger partial charge is 0.264 e. The number of benzene rings is 3. The van der Waals surface area contributed by atoms with Gasteiger partial charge in [-0.05, 0) is 98.7 Å². The quantitative estimate of drug-likeness (QED) is 0.318. The number of nitrogens with one attached hydrogen (secondary N) is 1. The van der Waals surface area contributed by atoms with Gasteiger partial charge >= 0.3 is 0 Å². The molecule has 3 nitrogen and oxygen atoms in total. The van der Waals surface area contributed by atoms with Crippen molar-refractivity contribution in [2.24, 2.45) is 0 Å². The van der Waals surface area contributed by atoms with Gasteiger partial charge in [-0.15, -0.1) is 0 Å². The summed E-state index contributed by atoms with van der Waals surface area (Å²) in [4.78, 5) is 13.8. The average molecular weight is 531 g/mol. The van der Waals surface area contributed by atoms with Crippen LogP contribution in [0.3, 0.4) is 0 Å². The molecule has 0 heterocycles. The summed E-state index contributed by atoms with van der Waals surface area (Å²) < 4.78 is 6.39. The van der Waals surface area contributed by atoms with E-state index in [0.717, 1.165) is 36.8 Å². The molecular weight excluding hydrogens is 501 g/mol. The van der Waals surface area contributed by atoms with Gasteiger partial charge in [-0.2, -0.15) is 0 Å². The van der Waals surface area contributed by atoms with E-state index in [4.69, 9.17) is 39.5 Å². The molecule has 1 saturated carbocycles. The fraction of sp³-hybridized carbons (Fsp3) is 0.345. The Bertz CT molecular complexity index is 1110. The van der Waals surface area contributed by atoms with Crippen LogP contribution in [-0.4, -0.2) is 17.6 Å². The highest BCUT2D eigenvalue weighted by Crippen LogP contribution is 2.35. The average Bonchev–Trinajstić information content (AvgIpc) is 2.86. The lowest BCUT2D eigenvalue weighted by atomic mass is 9.82. The number of carbonyl (C=O) groups excluding carboxylic acids is 1. The summed E-state index contributed by atoms with van der Waals surface area (Å²) in [5.74, 6) is 0.651. The van der Waals surface area contributed by atoms with Crippen molar-refractivity contribution in [1.29, 1.82) is 0 Å². The van der Waals surface area contributed by atoms with Crippen molar-refractivity contribution >= 4 is 40.7 Å². The van der Waals surface area contributed by atoms with Gasteiger partial charge in [-0.3, -0.25) is 4.79 Å². The molecule has 0 saturated heterocycles. The molecule has 3 aromatic rings. The van der Waals surface area contributed by atoms with Gasteiger partial charge in [-0.1, -0.05) is 65.5 Å². The van der Waals surface area contributed by atoms with E-state index in [1.54, 1.807) is 12.1 Å². The predicted octanol–water partition coefficient (Wildman–Crippen LogP) is 8.26. The highest BCUT2D eigenvalue weighted by molar-refractivity contribution is 6.31. The van der Waals surface area contributed by atoms with Gasteiger partial charge in [0.05, 0.1) is 0 Å². The summed E-state index contributed by atoms with van der Waals surface area (Å²) in [6.07, 6.45) is 5.17. The number of ether oxygens (including phenoxy) is 1. The Balaban J connectivity index is 1.57. The van der Waals surface area contributed by atoms with Crippen molar-refractivity contribution in [1.82, 2.24) is 5.32 Å². The molecule has 2 atom stereocenters. The van der Waals surface area contributed by atoms with E-state index in [2.05, 4.69) is 12.2 Å². The molecule has 184 valence electrons. The largest absolute Gasteiger partial charge is 0.477 e. The van der Waals surface area contributed by atoms with Gasteiger partial charge in [0, 0.05) is 27.0 Å². The molecule has 0 aromatic heterocycles. The van der Waals surface area contributed by atoms with E-state index >= 15 is 0 Å². The number of hydrogen-bond donors (Lipinski definition) is 1. The van der Waals surface area contributed by atoms with Crippen LogP contribution in [0.4, 0.5) is 0 Å². The molecule has 2 unspecified atom stereocenters. The molecule has 1 amide bonds. The van der Waals surface area contributed by atoms with Gasteiger partial charge in [0.2, 0.25) is 0 Å². The molecule has 0 radical (unpaired) electrons. The van der Waals surface area contributed by atoms with Crippen LogP contribution < -0.4 is 10.1 Å².